The second-order valence-electron chi connectivity index (χ2n) is 8.47. The lowest BCUT2D eigenvalue weighted by Gasteiger charge is -2.56. The van der Waals surface area contributed by atoms with Gasteiger partial charge in [0.1, 0.15) is 17.8 Å². The standard InChI is InChI=1S/C20H30N6/c1-21-18-17-5-9-26(19(17)24-14-23-18)16-4-3-15(11-16)12-25-10-7-20(25)6-2-8-22-13-20/h5,9,14-16,22H,2-4,6-8,10-13H2,1H3,(H,21,23,24)/t15-,16+,20?/m1/s1. The first-order valence-corrected chi connectivity index (χ1v) is 10.2. The Hall–Kier alpha value is -1.66. The van der Waals surface area contributed by atoms with Crippen LogP contribution in [-0.4, -0.2) is 58.2 Å². The maximum absolute atomic E-state index is 4.57. The van der Waals surface area contributed by atoms with Gasteiger partial charge in [0.2, 0.25) is 0 Å². The van der Waals surface area contributed by atoms with E-state index in [1.807, 2.05) is 7.05 Å². The fraction of sp³-hybridized carbons (Fsp3) is 0.700. The summed E-state index contributed by atoms with van der Waals surface area (Å²) < 4.78 is 2.39. The summed E-state index contributed by atoms with van der Waals surface area (Å²) in [6, 6.07) is 2.74. The van der Waals surface area contributed by atoms with E-state index in [-0.39, 0.29) is 0 Å². The van der Waals surface area contributed by atoms with Crippen LogP contribution in [0.3, 0.4) is 0 Å². The monoisotopic (exact) mass is 354 g/mol. The van der Waals surface area contributed by atoms with Crippen molar-refractivity contribution in [2.75, 3.05) is 38.5 Å². The highest BCUT2D eigenvalue weighted by atomic mass is 15.3. The third-order valence-corrected chi connectivity index (χ3v) is 7.10. The van der Waals surface area contributed by atoms with Crippen LogP contribution in [0.1, 0.15) is 44.6 Å². The summed E-state index contributed by atoms with van der Waals surface area (Å²) >= 11 is 0. The molecule has 6 heteroatoms. The van der Waals surface area contributed by atoms with E-state index in [0.717, 1.165) is 22.8 Å². The zero-order valence-electron chi connectivity index (χ0n) is 15.7. The summed E-state index contributed by atoms with van der Waals surface area (Å²) in [6.45, 7) is 5.00. The van der Waals surface area contributed by atoms with Crippen LogP contribution < -0.4 is 10.6 Å². The highest BCUT2D eigenvalue weighted by molar-refractivity contribution is 5.87. The predicted molar refractivity (Wildman–Crippen MR) is 104 cm³/mol. The van der Waals surface area contributed by atoms with Gasteiger partial charge in [-0.05, 0) is 57.1 Å². The van der Waals surface area contributed by atoms with E-state index in [1.54, 1.807) is 6.33 Å². The van der Waals surface area contributed by atoms with Crippen molar-refractivity contribution in [1.29, 1.82) is 0 Å². The van der Waals surface area contributed by atoms with E-state index < -0.39 is 0 Å². The van der Waals surface area contributed by atoms with Gasteiger partial charge in [0, 0.05) is 44.5 Å². The van der Waals surface area contributed by atoms with Crippen LogP contribution in [0, 0.1) is 5.92 Å². The van der Waals surface area contributed by atoms with Gasteiger partial charge in [-0.1, -0.05) is 0 Å². The van der Waals surface area contributed by atoms with E-state index >= 15 is 0 Å². The van der Waals surface area contributed by atoms with Crippen LogP contribution in [-0.2, 0) is 0 Å². The highest BCUT2D eigenvalue weighted by Gasteiger charge is 2.46. The zero-order chi connectivity index (χ0) is 17.6. The van der Waals surface area contributed by atoms with Gasteiger partial charge < -0.3 is 15.2 Å². The summed E-state index contributed by atoms with van der Waals surface area (Å²) in [5.41, 5.74) is 1.57. The van der Waals surface area contributed by atoms with Gasteiger partial charge in [-0.2, -0.15) is 0 Å². The number of nitrogens with zero attached hydrogens (tertiary/aromatic N) is 4. The van der Waals surface area contributed by atoms with E-state index in [0.29, 0.717) is 11.6 Å². The number of rotatable bonds is 4. The quantitative estimate of drug-likeness (QED) is 0.884. The molecule has 4 heterocycles. The molecular weight excluding hydrogens is 324 g/mol. The van der Waals surface area contributed by atoms with Gasteiger partial charge in [0.05, 0.1) is 5.39 Å². The molecule has 1 saturated carbocycles. The molecule has 1 aliphatic carbocycles. The molecule has 2 aromatic heterocycles. The van der Waals surface area contributed by atoms with Crippen LogP contribution in [0.15, 0.2) is 18.6 Å². The molecular formula is C20H30N6. The van der Waals surface area contributed by atoms with Crippen LogP contribution in [0.4, 0.5) is 5.82 Å². The van der Waals surface area contributed by atoms with Crippen molar-refractivity contribution in [1.82, 2.24) is 24.8 Å². The Kier molecular flexibility index (Phi) is 4.13. The molecule has 26 heavy (non-hydrogen) atoms. The molecule has 2 aromatic rings. The van der Waals surface area contributed by atoms with Gasteiger partial charge in [0.25, 0.3) is 0 Å². The molecule has 0 aromatic carbocycles. The lowest BCUT2D eigenvalue weighted by Crippen LogP contribution is -2.66. The Morgan fingerprint density at radius 1 is 1.31 bits per heavy atom. The minimum atomic E-state index is 0.491. The number of nitrogens with one attached hydrogen (secondary N) is 2. The number of hydrogen-bond acceptors (Lipinski definition) is 5. The van der Waals surface area contributed by atoms with Gasteiger partial charge in [-0.25, -0.2) is 9.97 Å². The summed E-state index contributed by atoms with van der Waals surface area (Å²) in [5, 5.41) is 7.94. The molecule has 3 fully saturated rings. The van der Waals surface area contributed by atoms with E-state index in [4.69, 9.17) is 0 Å². The summed E-state index contributed by atoms with van der Waals surface area (Å²) in [6.07, 6.45) is 11.9. The fourth-order valence-corrected chi connectivity index (χ4v) is 5.55. The SMILES string of the molecule is CNc1ncnc2c1ccn2[C@H]1CC[C@@H](CN2CCC23CCCNC3)C1. The largest absolute Gasteiger partial charge is 0.372 e. The summed E-state index contributed by atoms with van der Waals surface area (Å²) in [5.74, 6) is 1.75. The average molecular weight is 355 g/mol. The molecule has 3 aliphatic rings. The van der Waals surface area contributed by atoms with Crippen LogP contribution >= 0.6 is 0 Å². The van der Waals surface area contributed by atoms with Gasteiger partial charge >= 0.3 is 0 Å². The summed E-state index contributed by atoms with van der Waals surface area (Å²) in [4.78, 5) is 11.7. The molecule has 2 saturated heterocycles. The number of piperidine rings is 1. The van der Waals surface area contributed by atoms with Crippen molar-refractivity contribution >= 4 is 16.9 Å². The second kappa shape index (κ2) is 6.50. The smallest absolute Gasteiger partial charge is 0.145 e. The van der Waals surface area contributed by atoms with Gasteiger partial charge in [-0.3, -0.25) is 4.90 Å². The van der Waals surface area contributed by atoms with Crippen LogP contribution in [0.25, 0.3) is 11.0 Å². The molecule has 1 spiro atoms. The maximum Gasteiger partial charge on any atom is 0.145 e. The van der Waals surface area contributed by atoms with Crippen molar-refractivity contribution in [2.45, 2.75) is 50.1 Å². The molecule has 5 rings (SSSR count). The Labute approximate surface area is 155 Å². The van der Waals surface area contributed by atoms with Crippen LogP contribution in [0.5, 0.6) is 0 Å². The predicted octanol–water partition coefficient (Wildman–Crippen LogP) is 2.64. The highest BCUT2D eigenvalue weighted by Crippen LogP contribution is 2.42. The van der Waals surface area contributed by atoms with Crippen molar-refractivity contribution < 1.29 is 0 Å². The van der Waals surface area contributed by atoms with Crippen molar-refractivity contribution in [3.05, 3.63) is 18.6 Å². The molecule has 2 aliphatic heterocycles. The molecule has 6 nitrogen and oxygen atoms in total. The number of hydrogen-bond donors (Lipinski definition) is 2. The number of anilines is 1. The fourth-order valence-electron chi connectivity index (χ4n) is 5.55. The first-order valence-electron chi connectivity index (χ1n) is 10.2. The maximum atomic E-state index is 4.57. The van der Waals surface area contributed by atoms with E-state index in [1.165, 1.54) is 64.7 Å². The minimum absolute atomic E-state index is 0.491. The first-order chi connectivity index (χ1) is 12.8. The average Bonchev–Trinajstić information content (AvgIpc) is 3.32. The Morgan fingerprint density at radius 3 is 3.04 bits per heavy atom. The zero-order valence-corrected chi connectivity index (χ0v) is 15.7. The number of aromatic nitrogens is 3. The minimum Gasteiger partial charge on any atom is -0.372 e. The molecule has 2 N–H and O–H groups in total. The van der Waals surface area contributed by atoms with Gasteiger partial charge in [0.15, 0.2) is 0 Å². The molecule has 0 radical (unpaired) electrons. The Balaban J connectivity index is 1.28. The molecule has 140 valence electrons. The van der Waals surface area contributed by atoms with E-state index in [2.05, 4.69) is 42.3 Å². The van der Waals surface area contributed by atoms with Gasteiger partial charge in [-0.15, -0.1) is 0 Å². The number of fused-ring (bicyclic) bond motifs is 1. The van der Waals surface area contributed by atoms with Crippen molar-refractivity contribution in [3.8, 4) is 0 Å². The van der Waals surface area contributed by atoms with Crippen LogP contribution in [0.2, 0.25) is 0 Å². The van der Waals surface area contributed by atoms with E-state index in [9.17, 15) is 0 Å². The third-order valence-electron chi connectivity index (χ3n) is 7.10. The lowest BCUT2D eigenvalue weighted by molar-refractivity contribution is -0.0417. The number of likely N-dealkylation sites (tertiary alicyclic amines) is 1. The molecule has 3 atom stereocenters. The molecule has 1 unspecified atom stereocenters. The normalized spacial score (nSPS) is 32.2. The molecule has 0 bridgehead atoms. The van der Waals surface area contributed by atoms with Crippen molar-refractivity contribution in [3.63, 3.8) is 0 Å². The Bertz CT molecular complexity index is 778. The molecule has 0 amide bonds. The third kappa shape index (κ3) is 2.62. The summed E-state index contributed by atoms with van der Waals surface area (Å²) in [7, 11) is 1.92. The second-order valence-corrected chi connectivity index (χ2v) is 8.47. The first kappa shape index (κ1) is 16.5. The topological polar surface area (TPSA) is 58.0 Å². The Morgan fingerprint density at radius 2 is 2.27 bits per heavy atom. The van der Waals surface area contributed by atoms with Crippen molar-refractivity contribution in [2.24, 2.45) is 5.92 Å². The lowest BCUT2D eigenvalue weighted by atomic mass is 9.77.